The minimum Gasteiger partial charge on any atom is -0.481 e. The van der Waals surface area contributed by atoms with E-state index < -0.39 is 28.7 Å². The SMILES string of the molecule is C#CCN1CC(=O)N(C[C@@]2(C(=O)O)C(C=C(C)C)C2(C)C)C1=O. The van der Waals surface area contributed by atoms with E-state index in [1.165, 1.54) is 4.90 Å². The van der Waals surface area contributed by atoms with Gasteiger partial charge in [0.1, 0.15) is 6.54 Å². The summed E-state index contributed by atoms with van der Waals surface area (Å²) in [6, 6.07) is -0.507. The van der Waals surface area contributed by atoms with Crippen LogP contribution in [0.2, 0.25) is 0 Å². The predicted octanol–water partition coefficient (Wildman–Crippen LogP) is 1.58. The van der Waals surface area contributed by atoms with Crippen LogP contribution in [-0.2, 0) is 9.59 Å². The zero-order valence-electron chi connectivity index (χ0n) is 13.9. The predicted molar refractivity (Wildman–Crippen MR) is 84.3 cm³/mol. The van der Waals surface area contributed by atoms with E-state index in [0.29, 0.717) is 0 Å². The van der Waals surface area contributed by atoms with Crippen LogP contribution in [0.25, 0.3) is 0 Å². The Bertz CT molecular complexity index is 639. The molecule has 124 valence electrons. The molecule has 6 nitrogen and oxygen atoms in total. The number of rotatable bonds is 5. The number of hydrogen-bond acceptors (Lipinski definition) is 3. The number of carboxylic acids is 1. The molecule has 2 atom stereocenters. The van der Waals surface area contributed by atoms with Crippen molar-refractivity contribution >= 4 is 17.9 Å². The van der Waals surface area contributed by atoms with Gasteiger partial charge >= 0.3 is 12.0 Å². The largest absolute Gasteiger partial charge is 0.481 e. The number of carboxylic acid groups (broad SMARTS) is 1. The molecule has 1 aliphatic heterocycles. The van der Waals surface area contributed by atoms with E-state index >= 15 is 0 Å². The van der Waals surface area contributed by atoms with Crippen LogP contribution in [0.4, 0.5) is 4.79 Å². The molecule has 0 aromatic rings. The van der Waals surface area contributed by atoms with Crippen LogP contribution in [-0.4, -0.2) is 52.4 Å². The standard InChI is InChI=1S/C17H22N2O4/c1-6-7-18-9-13(20)19(15(18)23)10-17(14(21)22)12(8-11(2)3)16(17,4)5/h1,8,12H,7,9-10H2,2-5H3,(H,21,22)/t12?,17-/m0/s1. The Balaban J connectivity index is 2.31. The van der Waals surface area contributed by atoms with Crippen LogP contribution in [0, 0.1) is 29.1 Å². The lowest BCUT2D eigenvalue weighted by molar-refractivity contribution is -0.146. The Hall–Kier alpha value is -2.29. The van der Waals surface area contributed by atoms with Gasteiger partial charge in [0.25, 0.3) is 0 Å². The van der Waals surface area contributed by atoms with Gasteiger partial charge in [-0.3, -0.25) is 14.5 Å². The number of hydrogen-bond donors (Lipinski definition) is 1. The molecule has 1 saturated carbocycles. The minimum atomic E-state index is -1.15. The molecule has 3 amide bonds. The maximum atomic E-state index is 12.3. The molecule has 0 radical (unpaired) electrons. The van der Waals surface area contributed by atoms with E-state index in [1.54, 1.807) is 0 Å². The summed E-state index contributed by atoms with van der Waals surface area (Å²) in [5.74, 6) is 0.728. The number of imide groups is 1. The Kier molecular flexibility index (Phi) is 4.02. The molecule has 1 saturated heterocycles. The molecule has 2 rings (SSSR count). The highest BCUT2D eigenvalue weighted by Gasteiger charge is 2.75. The normalized spacial score (nSPS) is 28.6. The molecule has 2 aliphatic rings. The number of allylic oxidation sites excluding steroid dienone is 2. The smallest absolute Gasteiger partial charge is 0.328 e. The van der Waals surface area contributed by atoms with Crippen LogP contribution >= 0.6 is 0 Å². The van der Waals surface area contributed by atoms with Gasteiger partial charge in [0.05, 0.1) is 12.0 Å². The number of terminal acetylenes is 1. The van der Waals surface area contributed by atoms with Crippen molar-refractivity contribution in [3.05, 3.63) is 11.6 Å². The summed E-state index contributed by atoms with van der Waals surface area (Å²) in [6.45, 7) is 7.35. The van der Waals surface area contributed by atoms with E-state index in [9.17, 15) is 19.5 Å². The first-order valence-corrected chi connectivity index (χ1v) is 7.50. The number of urea groups is 1. The molecule has 0 aromatic heterocycles. The molecule has 1 heterocycles. The van der Waals surface area contributed by atoms with Crippen LogP contribution in [0.3, 0.4) is 0 Å². The molecule has 6 heteroatoms. The number of aliphatic carboxylic acids is 1. The van der Waals surface area contributed by atoms with Gasteiger partial charge < -0.3 is 10.0 Å². The molecular formula is C17H22N2O4. The second-order valence-electron chi connectivity index (χ2n) is 7.04. The summed E-state index contributed by atoms with van der Waals surface area (Å²) in [6.07, 6.45) is 7.11. The first-order chi connectivity index (χ1) is 10.6. The summed E-state index contributed by atoms with van der Waals surface area (Å²) < 4.78 is 0. The Labute approximate surface area is 136 Å². The third-order valence-electron chi connectivity index (χ3n) is 5.07. The van der Waals surface area contributed by atoms with Crippen LogP contribution in [0.1, 0.15) is 27.7 Å². The monoisotopic (exact) mass is 318 g/mol. The van der Waals surface area contributed by atoms with Gasteiger partial charge in [-0.05, 0) is 19.3 Å². The zero-order chi connectivity index (χ0) is 17.6. The van der Waals surface area contributed by atoms with Crippen LogP contribution in [0.15, 0.2) is 11.6 Å². The molecule has 0 aromatic carbocycles. The van der Waals surface area contributed by atoms with Crippen LogP contribution < -0.4 is 0 Å². The molecule has 23 heavy (non-hydrogen) atoms. The van der Waals surface area contributed by atoms with Gasteiger partial charge in [-0.15, -0.1) is 6.42 Å². The van der Waals surface area contributed by atoms with E-state index in [1.807, 2.05) is 33.8 Å². The van der Waals surface area contributed by atoms with Gasteiger partial charge in [0, 0.05) is 12.5 Å². The lowest BCUT2D eigenvalue weighted by Crippen LogP contribution is -2.42. The lowest BCUT2D eigenvalue weighted by Gasteiger charge is -2.22. The average molecular weight is 318 g/mol. The van der Waals surface area contributed by atoms with Crippen molar-refractivity contribution in [1.29, 1.82) is 0 Å². The Morgan fingerprint density at radius 3 is 2.52 bits per heavy atom. The average Bonchev–Trinajstić information content (AvgIpc) is 2.76. The molecule has 1 N–H and O–H groups in total. The zero-order valence-corrected chi connectivity index (χ0v) is 13.9. The second kappa shape index (κ2) is 5.41. The summed E-state index contributed by atoms with van der Waals surface area (Å²) in [5.41, 5.74) is -0.669. The van der Waals surface area contributed by atoms with Crippen molar-refractivity contribution in [1.82, 2.24) is 9.80 Å². The van der Waals surface area contributed by atoms with Gasteiger partial charge in [0.15, 0.2) is 0 Å². The topological polar surface area (TPSA) is 77.9 Å². The van der Waals surface area contributed by atoms with Crippen LogP contribution in [0.5, 0.6) is 0 Å². The summed E-state index contributed by atoms with van der Waals surface area (Å²) in [4.78, 5) is 38.7. The number of amides is 3. The third kappa shape index (κ3) is 2.40. The van der Waals surface area contributed by atoms with Crippen molar-refractivity contribution in [3.63, 3.8) is 0 Å². The van der Waals surface area contributed by atoms with E-state index in [2.05, 4.69) is 5.92 Å². The van der Waals surface area contributed by atoms with Crippen molar-refractivity contribution in [2.45, 2.75) is 27.7 Å². The highest BCUT2D eigenvalue weighted by Crippen LogP contribution is 2.70. The highest BCUT2D eigenvalue weighted by atomic mass is 16.4. The molecule has 0 bridgehead atoms. The lowest BCUT2D eigenvalue weighted by atomic mass is 9.95. The van der Waals surface area contributed by atoms with E-state index in [0.717, 1.165) is 10.5 Å². The molecule has 0 spiro atoms. The van der Waals surface area contributed by atoms with Crippen molar-refractivity contribution in [2.24, 2.45) is 16.7 Å². The van der Waals surface area contributed by atoms with Gasteiger partial charge in [-0.2, -0.15) is 0 Å². The number of nitrogens with zero attached hydrogens (tertiary/aromatic N) is 2. The summed E-state index contributed by atoms with van der Waals surface area (Å²) in [5, 5.41) is 9.80. The Morgan fingerprint density at radius 1 is 1.43 bits per heavy atom. The molecule has 2 fully saturated rings. The van der Waals surface area contributed by atoms with Gasteiger partial charge in [-0.25, -0.2) is 4.79 Å². The van der Waals surface area contributed by atoms with Crippen molar-refractivity contribution < 1.29 is 19.5 Å². The van der Waals surface area contributed by atoms with Gasteiger partial charge in [0.2, 0.25) is 5.91 Å². The first-order valence-electron chi connectivity index (χ1n) is 7.50. The number of carbonyl (C=O) groups excluding carboxylic acids is 2. The number of carbonyl (C=O) groups is 3. The summed E-state index contributed by atoms with van der Waals surface area (Å²) in [7, 11) is 0. The fraction of sp³-hybridized carbons (Fsp3) is 0.588. The fourth-order valence-corrected chi connectivity index (χ4v) is 3.59. The molecule has 1 unspecified atom stereocenters. The van der Waals surface area contributed by atoms with E-state index in [-0.39, 0.29) is 25.6 Å². The van der Waals surface area contributed by atoms with Crippen molar-refractivity contribution in [2.75, 3.05) is 19.6 Å². The minimum absolute atomic E-state index is 0.0436. The Morgan fingerprint density at radius 2 is 2.04 bits per heavy atom. The first kappa shape index (κ1) is 17.1. The van der Waals surface area contributed by atoms with Gasteiger partial charge in [-0.1, -0.05) is 31.4 Å². The second-order valence-corrected chi connectivity index (χ2v) is 7.04. The molecular weight excluding hydrogens is 296 g/mol. The fourth-order valence-electron chi connectivity index (χ4n) is 3.59. The summed E-state index contributed by atoms with van der Waals surface area (Å²) >= 11 is 0. The highest BCUT2D eigenvalue weighted by molar-refractivity contribution is 6.02. The maximum Gasteiger partial charge on any atom is 0.328 e. The van der Waals surface area contributed by atoms with E-state index in [4.69, 9.17) is 6.42 Å². The third-order valence-corrected chi connectivity index (χ3v) is 5.07. The quantitative estimate of drug-likeness (QED) is 0.474. The van der Waals surface area contributed by atoms with Crippen molar-refractivity contribution in [3.8, 4) is 12.3 Å². The molecule has 1 aliphatic carbocycles. The maximum absolute atomic E-state index is 12.3.